The number of nitrogens with two attached hydrogens (primary N) is 1. The normalized spacial score (nSPS) is 13.8. The Morgan fingerprint density at radius 1 is 1.29 bits per heavy atom. The number of hydrogen-bond donors (Lipinski definition) is 3. The van der Waals surface area contributed by atoms with Crippen molar-refractivity contribution in [2.45, 2.75) is 12.8 Å². The van der Waals surface area contributed by atoms with E-state index in [4.69, 9.17) is 5.73 Å². The van der Waals surface area contributed by atoms with Gasteiger partial charge < -0.3 is 15.6 Å². The molecule has 0 bridgehead atoms. The third kappa shape index (κ3) is 2.22. The zero-order chi connectivity index (χ0) is 15.0. The highest BCUT2D eigenvalue weighted by atomic mass is 16.2. The molecule has 1 aromatic heterocycles. The number of aromatic nitrogens is 2. The summed E-state index contributed by atoms with van der Waals surface area (Å²) in [6, 6.07) is 5.37. The molecule has 0 saturated heterocycles. The molecule has 1 aliphatic heterocycles. The van der Waals surface area contributed by atoms with Crippen molar-refractivity contribution in [3.05, 3.63) is 56.4 Å². The smallest absolute Gasteiger partial charge is 0.325 e. The Labute approximate surface area is 119 Å². The molecule has 0 unspecified atom stereocenters. The summed E-state index contributed by atoms with van der Waals surface area (Å²) in [5.74, 6) is -0.445. The van der Waals surface area contributed by atoms with Crippen LogP contribution in [-0.4, -0.2) is 22.4 Å². The number of nitrogens with one attached hydrogen (secondary N) is 2. The van der Waals surface area contributed by atoms with Gasteiger partial charge in [0.05, 0.1) is 0 Å². The molecular formula is C14H14N4O3. The Balaban J connectivity index is 2.06. The van der Waals surface area contributed by atoms with Crippen molar-refractivity contribution in [2.75, 3.05) is 17.2 Å². The van der Waals surface area contributed by atoms with E-state index in [1.54, 1.807) is 12.1 Å². The van der Waals surface area contributed by atoms with Crippen molar-refractivity contribution < 1.29 is 4.79 Å². The van der Waals surface area contributed by atoms with Gasteiger partial charge in [0.2, 0.25) is 0 Å². The molecule has 108 valence electrons. The molecule has 7 heteroatoms. The predicted molar refractivity (Wildman–Crippen MR) is 78.5 cm³/mol. The van der Waals surface area contributed by atoms with Crippen LogP contribution in [0.3, 0.4) is 0 Å². The van der Waals surface area contributed by atoms with Gasteiger partial charge in [-0.2, -0.15) is 0 Å². The van der Waals surface area contributed by atoms with E-state index in [2.05, 4.69) is 9.97 Å². The molecule has 0 radical (unpaired) electrons. The number of benzene rings is 1. The minimum absolute atomic E-state index is 0.0927. The third-order valence-electron chi connectivity index (χ3n) is 3.58. The van der Waals surface area contributed by atoms with Crippen LogP contribution in [0.25, 0.3) is 0 Å². The minimum Gasteiger partial charge on any atom is -0.398 e. The third-order valence-corrected chi connectivity index (χ3v) is 3.58. The summed E-state index contributed by atoms with van der Waals surface area (Å²) in [6.45, 7) is 0.508. The maximum Gasteiger partial charge on any atom is 0.325 e. The van der Waals surface area contributed by atoms with Crippen LogP contribution in [-0.2, 0) is 6.42 Å². The summed E-state index contributed by atoms with van der Waals surface area (Å²) in [4.78, 5) is 41.2. The van der Waals surface area contributed by atoms with Gasteiger partial charge in [-0.15, -0.1) is 0 Å². The molecule has 0 fully saturated rings. The Kier molecular flexibility index (Phi) is 3.09. The van der Waals surface area contributed by atoms with Crippen molar-refractivity contribution in [3.8, 4) is 0 Å². The van der Waals surface area contributed by atoms with E-state index in [0.717, 1.165) is 30.3 Å². The fourth-order valence-corrected chi connectivity index (χ4v) is 2.58. The average molecular weight is 286 g/mol. The molecule has 4 N–H and O–H groups in total. The van der Waals surface area contributed by atoms with Gasteiger partial charge in [0.25, 0.3) is 11.5 Å². The average Bonchev–Trinajstić information content (AvgIpc) is 2.46. The van der Waals surface area contributed by atoms with Crippen LogP contribution in [0.1, 0.15) is 22.3 Å². The number of amides is 1. The van der Waals surface area contributed by atoms with E-state index in [1.165, 1.54) is 4.90 Å². The van der Waals surface area contributed by atoms with Crippen LogP contribution in [0.5, 0.6) is 0 Å². The lowest BCUT2D eigenvalue weighted by atomic mass is 9.99. The number of carbonyl (C=O) groups is 1. The van der Waals surface area contributed by atoms with E-state index < -0.39 is 17.2 Å². The summed E-state index contributed by atoms with van der Waals surface area (Å²) >= 11 is 0. The highest BCUT2D eigenvalue weighted by Gasteiger charge is 2.26. The van der Waals surface area contributed by atoms with Crippen LogP contribution in [0.4, 0.5) is 11.4 Å². The molecular weight excluding hydrogens is 272 g/mol. The van der Waals surface area contributed by atoms with Gasteiger partial charge in [-0.05, 0) is 30.5 Å². The molecule has 1 amide bonds. The molecule has 2 heterocycles. The highest BCUT2D eigenvalue weighted by molar-refractivity contribution is 6.06. The Morgan fingerprint density at radius 2 is 2.10 bits per heavy atom. The zero-order valence-corrected chi connectivity index (χ0v) is 11.2. The molecule has 21 heavy (non-hydrogen) atoms. The Bertz CT molecular complexity index is 821. The summed E-state index contributed by atoms with van der Waals surface area (Å²) in [6.07, 6.45) is 2.71. The lowest BCUT2D eigenvalue weighted by Gasteiger charge is -2.30. The van der Waals surface area contributed by atoms with E-state index in [9.17, 15) is 14.4 Å². The number of fused-ring (bicyclic) bond motifs is 1. The van der Waals surface area contributed by atoms with Gasteiger partial charge >= 0.3 is 5.69 Å². The molecule has 0 spiro atoms. The Morgan fingerprint density at radius 3 is 2.86 bits per heavy atom. The summed E-state index contributed by atoms with van der Waals surface area (Å²) in [5.41, 5.74) is 6.79. The van der Waals surface area contributed by atoms with Gasteiger partial charge in [-0.1, -0.05) is 6.07 Å². The van der Waals surface area contributed by atoms with Gasteiger partial charge in [0.15, 0.2) is 0 Å². The van der Waals surface area contributed by atoms with Crippen LogP contribution < -0.4 is 21.9 Å². The van der Waals surface area contributed by atoms with Crippen molar-refractivity contribution in [1.82, 2.24) is 9.97 Å². The maximum atomic E-state index is 12.5. The zero-order valence-electron chi connectivity index (χ0n) is 11.2. The lowest BCUT2D eigenvalue weighted by molar-refractivity contribution is 0.0983. The fraction of sp³-hybridized carbons (Fsp3) is 0.214. The summed E-state index contributed by atoms with van der Waals surface area (Å²) in [5, 5.41) is 0. The number of hydrogen-bond acceptors (Lipinski definition) is 4. The number of nitrogens with zero attached hydrogens (tertiary/aromatic N) is 1. The first-order chi connectivity index (χ1) is 10.1. The fourth-order valence-electron chi connectivity index (χ4n) is 2.58. The number of nitrogen functional groups attached to an aromatic ring is 1. The predicted octanol–water partition coefficient (Wildman–Crippen LogP) is 0.238. The van der Waals surface area contributed by atoms with Crippen molar-refractivity contribution in [2.24, 2.45) is 0 Å². The lowest BCUT2D eigenvalue weighted by Crippen LogP contribution is -2.40. The van der Waals surface area contributed by atoms with E-state index in [-0.39, 0.29) is 5.56 Å². The first-order valence-corrected chi connectivity index (χ1v) is 6.59. The monoisotopic (exact) mass is 286 g/mol. The van der Waals surface area contributed by atoms with Crippen LogP contribution in [0.15, 0.2) is 34.0 Å². The molecule has 1 aliphatic rings. The van der Waals surface area contributed by atoms with Crippen LogP contribution >= 0.6 is 0 Å². The quantitative estimate of drug-likeness (QED) is 0.652. The molecule has 1 aromatic carbocycles. The largest absolute Gasteiger partial charge is 0.398 e. The standard InChI is InChI=1S/C14H14N4O3/c15-10-4-1-5-11-8(10)3-2-6-18(11)13(20)9-7-16-14(21)17-12(9)19/h1,4-5,7H,2-3,6,15H2,(H2,16,17,19,21). The number of rotatable bonds is 1. The van der Waals surface area contributed by atoms with E-state index in [0.29, 0.717) is 12.2 Å². The molecule has 3 rings (SSSR count). The summed E-state index contributed by atoms with van der Waals surface area (Å²) < 4.78 is 0. The first kappa shape index (κ1) is 13.2. The van der Waals surface area contributed by atoms with Gasteiger partial charge in [0.1, 0.15) is 5.56 Å². The van der Waals surface area contributed by atoms with Gasteiger partial charge in [0, 0.05) is 24.1 Å². The second-order valence-corrected chi connectivity index (χ2v) is 4.89. The highest BCUT2D eigenvalue weighted by Crippen LogP contribution is 2.31. The van der Waals surface area contributed by atoms with Crippen molar-refractivity contribution in [1.29, 1.82) is 0 Å². The molecule has 0 atom stereocenters. The second-order valence-electron chi connectivity index (χ2n) is 4.89. The van der Waals surface area contributed by atoms with Crippen molar-refractivity contribution in [3.63, 3.8) is 0 Å². The molecule has 0 saturated carbocycles. The van der Waals surface area contributed by atoms with E-state index in [1.807, 2.05) is 6.07 Å². The number of anilines is 2. The topological polar surface area (TPSA) is 112 Å². The second kappa shape index (κ2) is 4.93. The van der Waals surface area contributed by atoms with Gasteiger partial charge in [-0.3, -0.25) is 14.6 Å². The van der Waals surface area contributed by atoms with E-state index >= 15 is 0 Å². The molecule has 2 aromatic rings. The van der Waals surface area contributed by atoms with Gasteiger partial charge in [-0.25, -0.2) is 4.79 Å². The molecule has 0 aliphatic carbocycles. The maximum absolute atomic E-state index is 12.5. The minimum atomic E-state index is -0.695. The first-order valence-electron chi connectivity index (χ1n) is 6.59. The Hall–Kier alpha value is -2.83. The van der Waals surface area contributed by atoms with Crippen molar-refractivity contribution >= 4 is 17.3 Å². The number of carbonyl (C=O) groups excluding carboxylic acids is 1. The van der Waals surface area contributed by atoms with Crippen LogP contribution in [0, 0.1) is 0 Å². The number of aromatic amines is 2. The molecule has 7 nitrogen and oxygen atoms in total. The summed E-state index contributed by atoms with van der Waals surface area (Å²) in [7, 11) is 0. The van der Waals surface area contributed by atoms with Crippen LogP contribution in [0.2, 0.25) is 0 Å². The SMILES string of the molecule is Nc1cccc2c1CCCN2C(=O)c1c[nH]c(=O)[nH]c1=O. The number of H-pyrrole nitrogens is 2.